The van der Waals surface area contributed by atoms with Crippen molar-refractivity contribution in [2.45, 2.75) is 27.4 Å². The monoisotopic (exact) mass is 296 g/mol. The standard InChI is InChI=1S/C18H20N2O2/c1-13-4-6-16(7-5-13)12-22-20-14(2)17-8-10-18(11-9-17)19-15(3)21/h4-11H,12H2,1-3H3,(H,19,21). The van der Waals surface area contributed by atoms with Crippen molar-refractivity contribution in [3.05, 3.63) is 65.2 Å². The predicted molar refractivity (Wildman–Crippen MR) is 88.9 cm³/mol. The third-order valence-corrected chi connectivity index (χ3v) is 3.18. The molecular weight excluding hydrogens is 276 g/mol. The van der Waals surface area contributed by atoms with E-state index in [1.54, 1.807) is 0 Å². The van der Waals surface area contributed by atoms with Gasteiger partial charge in [0.1, 0.15) is 6.61 Å². The molecule has 0 spiro atoms. The molecule has 2 aromatic carbocycles. The summed E-state index contributed by atoms with van der Waals surface area (Å²) >= 11 is 0. The number of amides is 1. The molecule has 0 heterocycles. The van der Waals surface area contributed by atoms with Crippen LogP contribution in [-0.4, -0.2) is 11.6 Å². The summed E-state index contributed by atoms with van der Waals surface area (Å²) < 4.78 is 0. The van der Waals surface area contributed by atoms with Crippen molar-refractivity contribution in [1.82, 2.24) is 0 Å². The zero-order valence-corrected chi connectivity index (χ0v) is 13.1. The topological polar surface area (TPSA) is 50.7 Å². The van der Waals surface area contributed by atoms with Crippen molar-refractivity contribution in [2.24, 2.45) is 5.16 Å². The molecule has 0 aliphatic carbocycles. The second-order valence-electron chi connectivity index (χ2n) is 5.19. The quantitative estimate of drug-likeness (QED) is 0.672. The van der Waals surface area contributed by atoms with Gasteiger partial charge in [-0.3, -0.25) is 4.79 Å². The van der Waals surface area contributed by atoms with E-state index in [9.17, 15) is 4.79 Å². The molecule has 4 heteroatoms. The minimum atomic E-state index is -0.0837. The number of oxime groups is 1. The highest BCUT2D eigenvalue weighted by Gasteiger charge is 2.00. The Morgan fingerprint density at radius 1 is 1.05 bits per heavy atom. The molecule has 0 radical (unpaired) electrons. The highest BCUT2D eigenvalue weighted by molar-refractivity contribution is 5.99. The largest absolute Gasteiger partial charge is 0.391 e. The normalized spacial score (nSPS) is 11.1. The van der Waals surface area contributed by atoms with Crippen LogP contribution in [0.2, 0.25) is 0 Å². The molecule has 0 saturated carbocycles. The maximum Gasteiger partial charge on any atom is 0.221 e. The van der Waals surface area contributed by atoms with Gasteiger partial charge in [0.25, 0.3) is 0 Å². The van der Waals surface area contributed by atoms with Crippen molar-refractivity contribution in [3.63, 3.8) is 0 Å². The molecule has 2 rings (SSSR count). The lowest BCUT2D eigenvalue weighted by Gasteiger charge is -2.05. The molecule has 0 bridgehead atoms. The second-order valence-corrected chi connectivity index (χ2v) is 5.19. The Bertz CT molecular complexity index is 658. The van der Waals surface area contributed by atoms with E-state index < -0.39 is 0 Å². The van der Waals surface area contributed by atoms with Gasteiger partial charge in [-0.2, -0.15) is 0 Å². The van der Waals surface area contributed by atoms with Gasteiger partial charge in [-0.15, -0.1) is 0 Å². The van der Waals surface area contributed by atoms with Crippen molar-refractivity contribution < 1.29 is 9.63 Å². The number of nitrogens with zero attached hydrogens (tertiary/aromatic N) is 1. The van der Waals surface area contributed by atoms with Gasteiger partial charge in [-0.05, 0) is 37.1 Å². The Kier molecular flexibility index (Phi) is 5.31. The lowest BCUT2D eigenvalue weighted by molar-refractivity contribution is -0.114. The first-order valence-electron chi connectivity index (χ1n) is 7.15. The van der Waals surface area contributed by atoms with Crippen LogP contribution in [0.3, 0.4) is 0 Å². The molecule has 4 nitrogen and oxygen atoms in total. The predicted octanol–water partition coefficient (Wildman–Crippen LogP) is 3.89. The first-order chi connectivity index (χ1) is 10.5. The van der Waals surface area contributed by atoms with E-state index in [0.717, 1.165) is 22.5 Å². The maximum atomic E-state index is 11.0. The zero-order valence-electron chi connectivity index (χ0n) is 13.1. The van der Waals surface area contributed by atoms with Crippen LogP contribution in [0.4, 0.5) is 5.69 Å². The fourth-order valence-electron chi connectivity index (χ4n) is 1.94. The number of carbonyl (C=O) groups is 1. The highest BCUT2D eigenvalue weighted by atomic mass is 16.6. The molecule has 0 unspecified atom stereocenters. The van der Waals surface area contributed by atoms with Crippen LogP contribution in [0.25, 0.3) is 0 Å². The number of aryl methyl sites for hydroxylation is 1. The summed E-state index contributed by atoms with van der Waals surface area (Å²) in [6, 6.07) is 15.7. The summed E-state index contributed by atoms with van der Waals surface area (Å²) in [6.45, 7) is 5.88. The van der Waals surface area contributed by atoms with Gasteiger partial charge in [0.2, 0.25) is 5.91 Å². The van der Waals surface area contributed by atoms with Crippen LogP contribution in [0, 0.1) is 6.92 Å². The molecule has 0 aromatic heterocycles. The average Bonchev–Trinajstić information content (AvgIpc) is 2.49. The zero-order chi connectivity index (χ0) is 15.9. The summed E-state index contributed by atoms with van der Waals surface area (Å²) in [6.07, 6.45) is 0. The minimum Gasteiger partial charge on any atom is -0.391 e. The molecule has 0 atom stereocenters. The molecule has 0 aliphatic heterocycles. The SMILES string of the molecule is CC(=O)Nc1ccc(C(C)=NOCc2ccc(C)cc2)cc1. The molecule has 2 aromatic rings. The van der Waals surface area contributed by atoms with Crippen molar-refractivity contribution in [1.29, 1.82) is 0 Å². The number of anilines is 1. The Morgan fingerprint density at radius 3 is 2.27 bits per heavy atom. The van der Waals surface area contributed by atoms with Gasteiger partial charge < -0.3 is 10.2 Å². The van der Waals surface area contributed by atoms with E-state index in [1.165, 1.54) is 12.5 Å². The minimum absolute atomic E-state index is 0.0837. The third-order valence-electron chi connectivity index (χ3n) is 3.18. The lowest BCUT2D eigenvalue weighted by atomic mass is 10.1. The molecule has 0 fully saturated rings. The maximum absolute atomic E-state index is 11.0. The van der Waals surface area contributed by atoms with Crippen LogP contribution in [-0.2, 0) is 16.2 Å². The second kappa shape index (κ2) is 7.41. The van der Waals surface area contributed by atoms with E-state index >= 15 is 0 Å². The van der Waals surface area contributed by atoms with Gasteiger partial charge in [0.15, 0.2) is 0 Å². The molecule has 0 aliphatic rings. The Hall–Kier alpha value is -2.62. The summed E-state index contributed by atoms with van der Waals surface area (Å²) in [7, 11) is 0. The number of carbonyl (C=O) groups excluding carboxylic acids is 1. The first kappa shape index (κ1) is 15.8. The van der Waals surface area contributed by atoms with Crippen LogP contribution in [0.1, 0.15) is 30.5 Å². The van der Waals surface area contributed by atoms with Crippen LogP contribution < -0.4 is 5.32 Å². The van der Waals surface area contributed by atoms with E-state index in [1.807, 2.05) is 43.3 Å². The van der Waals surface area contributed by atoms with Crippen molar-refractivity contribution in [2.75, 3.05) is 5.32 Å². The molecular formula is C18H20N2O2. The Labute approximate surface area is 130 Å². The first-order valence-corrected chi connectivity index (χ1v) is 7.15. The number of nitrogens with one attached hydrogen (secondary N) is 1. The fourth-order valence-corrected chi connectivity index (χ4v) is 1.94. The van der Waals surface area contributed by atoms with E-state index in [4.69, 9.17) is 4.84 Å². The molecule has 0 saturated heterocycles. The fraction of sp³-hybridized carbons (Fsp3) is 0.222. The lowest BCUT2D eigenvalue weighted by Crippen LogP contribution is -2.06. The number of benzene rings is 2. The highest BCUT2D eigenvalue weighted by Crippen LogP contribution is 2.11. The Morgan fingerprint density at radius 2 is 1.68 bits per heavy atom. The van der Waals surface area contributed by atoms with Crippen LogP contribution in [0.5, 0.6) is 0 Å². The molecule has 1 amide bonds. The summed E-state index contributed by atoms with van der Waals surface area (Å²) in [5.41, 5.74) is 4.83. The van der Waals surface area contributed by atoms with Gasteiger partial charge >= 0.3 is 0 Å². The number of hydrogen-bond donors (Lipinski definition) is 1. The van der Waals surface area contributed by atoms with Gasteiger partial charge in [-0.1, -0.05) is 47.1 Å². The van der Waals surface area contributed by atoms with E-state index in [0.29, 0.717) is 6.61 Å². The van der Waals surface area contributed by atoms with Gasteiger partial charge in [0, 0.05) is 12.6 Å². The van der Waals surface area contributed by atoms with Crippen LogP contribution in [0.15, 0.2) is 53.7 Å². The Balaban J connectivity index is 1.93. The van der Waals surface area contributed by atoms with Gasteiger partial charge in [-0.25, -0.2) is 0 Å². The van der Waals surface area contributed by atoms with E-state index in [-0.39, 0.29) is 5.91 Å². The van der Waals surface area contributed by atoms with Crippen LogP contribution >= 0.6 is 0 Å². The van der Waals surface area contributed by atoms with Crippen molar-refractivity contribution >= 4 is 17.3 Å². The summed E-state index contributed by atoms with van der Waals surface area (Å²) in [4.78, 5) is 16.4. The molecule has 114 valence electrons. The number of rotatable bonds is 5. The third kappa shape index (κ3) is 4.74. The molecule has 1 N–H and O–H groups in total. The number of hydrogen-bond acceptors (Lipinski definition) is 3. The summed E-state index contributed by atoms with van der Waals surface area (Å²) in [5.74, 6) is -0.0837. The smallest absolute Gasteiger partial charge is 0.221 e. The van der Waals surface area contributed by atoms with E-state index in [2.05, 4.69) is 29.5 Å². The molecule has 22 heavy (non-hydrogen) atoms. The van der Waals surface area contributed by atoms with Gasteiger partial charge in [0.05, 0.1) is 5.71 Å². The average molecular weight is 296 g/mol. The van der Waals surface area contributed by atoms with Crippen molar-refractivity contribution in [3.8, 4) is 0 Å². The summed E-state index contributed by atoms with van der Waals surface area (Å²) in [5, 5.41) is 6.86.